The fourth-order valence-corrected chi connectivity index (χ4v) is 6.85. The molecule has 0 radical (unpaired) electrons. The Morgan fingerprint density at radius 3 is 1.37 bits per heavy atom. The molecule has 0 saturated heterocycles. The van der Waals surface area contributed by atoms with Crippen molar-refractivity contribution in [2.24, 2.45) is 0 Å². The van der Waals surface area contributed by atoms with Gasteiger partial charge in [-0.15, -0.1) is 0 Å². The topological polar surface area (TPSA) is 143 Å². The van der Waals surface area contributed by atoms with Crippen molar-refractivity contribution in [1.29, 1.82) is 0 Å². The SMILES string of the molecule is O=S(=O)(O)c1ccc(-c2ccc(-c3ccc4c(c3)S(=O)(=O)c3cc(S(=O)(=O)O)ccc3-4)cc2)cc1. The molecule has 0 atom stereocenters. The van der Waals surface area contributed by atoms with Gasteiger partial charge in [-0.05, 0) is 52.6 Å². The second-order valence-corrected chi connectivity index (χ2v) is 12.7. The molecule has 0 spiro atoms. The smallest absolute Gasteiger partial charge is 0.282 e. The minimum Gasteiger partial charge on any atom is -0.282 e. The molecule has 178 valence electrons. The van der Waals surface area contributed by atoms with Gasteiger partial charge in [0.05, 0.1) is 19.6 Å². The van der Waals surface area contributed by atoms with Gasteiger partial charge in [-0.2, -0.15) is 16.8 Å². The lowest BCUT2D eigenvalue weighted by Gasteiger charge is -2.08. The van der Waals surface area contributed by atoms with E-state index >= 15 is 0 Å². The zero-order valence-electron chi connectivity index (χ0n) is 17.7. The summed E-state index contributed by atoms with van der Waals surface area (Å²) in [5.74, 6) is 0. The molecule has 4 aromatic rings. The summed E-state index contributed by atoms with van der Waals surface area (Å²) in [5, 5.41) is 0. The zero-order chi connectivity index (χ0) is 25.2. The highest BCUT2D eigenvalue weighted by atomic mass is 32.2. The number of rotatable bonds is 4. The number of hydrogen-bond acceptors (Lipinski definition) is 6. The molecule has 8 nitrogen and oxygen atoms in total. The minimum absolute atomic E-state index is 0.0439. The molecular formula is C24H16O8S3. The zero-order valence-corrected chi connectivity index (χ0v) is 20.1. The third-order valence-corrected chi connectivity index (χ3v) is 9.36. The Morgan fingerprint density at radius 1 is 0.486 bits per heavy atom. The summed E-state index contributed by atoms with van der Waals surface area (Å²) in [5.41, 5.74) is 3.68. The Labute approximate surface area is 201 Å². The van der Waals surface area contributed by atoms with Gasteiger partial charge in [0.2, 0.25) is 9.84 Å². The molecule has 2 N–H and O–H groups in total. The van der Waals surface area contributed by atoms with Gasteiger partial charge in [0, 0.05) is 11.1 Å². The summed E-state index contributed by atoms with van der Waals surface area (Å²) in [6.07, 6.45) is 0. The van der Waals surface area contributed by atoms with Crippen LogP contribution in [-0.4, -0.2) is 34.4 Å². The lowest BCUT2D eigenvalue weighted by atomic mass is 9.98. The molecule has 1 aliphatic heterocycles. The number of benzene rings is 4. The lowest BCUT2D eigenvalue weighted by molar-refractivity contribution is 0.481. The molecule has 0 bridgehead atoms. The highest BCUT2D eigenvalue weighted by Crippen LogP contribution is 2.45. The fourth-order valence-electron chi connectivity index (χ4n) is 4.05. The van der Waals surface area contributed by atoms with Gasteiger partial charge in [-0.3, -0.25) is 9.11 Å². The third-order valence-electron chi connectivity index (χ3n) is 5.81. The van der Waals surface area contributed by atoms with Crippen molar-refractivity contribution < 1.29 is 34.4 Å². The highest BCUT2D eigenvalue weighted by Gasteiger charge is 2.34. The van der Waals surface area contributed by atoms with E-state index in [-0.39, 0.29) is 14.7 Å². The summed E-state index contributed by atoms with van der Waals surface area (Å²) >= 11 is 0. The van der Waals surface area contributed by atoms with E-state index in [1.807, 2.05) is 0 Å². The molecule has 1 aliphatic rings. The van der Waals surface area contributed by atoms with Crippen LogP contribution in [0.1, 0.15) is 0 Å². The third kappa shape index (κ3) is 4.07. The molecule has 1 heterocycles. The Kier molecular flexibility index (Phi) is 5.24. The van der Waals surface area contributed by atoms with Crippen LogP contribution in [0.4, 0.5) is 0 Å². The Bertz CT molecular complexity index is 1820. The predicted octanol–water partition coefficient (Wildman–Crippen LogP) is 4.33. The van der Waals surface area contributed by atoms with E-state index in [9.17, 15) is 29.8 Å². The lowest BCUT2D eigenvalue weighted by Crippen LogP contribution is -2.01. The van der Waals surface area contributed by atoms with Crippen LogP contribution >= 0.6 is 0 Å². The van der Waals surface area contributed by atoms with Crippen LogP contribution in [0.2, 0.25) is 0 Å². The fraction of sp³-hybridized carbons (Fsp3) is 0. The van der Waals surface area contributed by atoms with Crippen molar-refractivity contribution in [3.8, 4) is 33.4 Å². The molecule has 35 heavy (non-hydrogen) atoms. The van der Waals surface area contributed by atoms with Crippen molar-refractivity contribution in [2.75, 3.05) is 0 Å². The summed E-state index contributed by atoms with van der Waals surface area (Å²) in [4.78, 5) is -0.833. The van der Waals surface area contributed by atoms with Crippen molar-refractivity contribution in [1.82, 2.24) is 0 Å². The van der Waals surface area contributed by atoms with E-state index in [1.54, 1.807) is 48.5 Å². The number of fused-ring (bicyclic) bond motifs is 3. The first kappa shape index (κ1) is 23.4. The normalized spacial score (nSPS) is 14.3. The van der Waals surface area contributed by atoms with Gasteiger partial charge >= 0.3 is 0 Å². The van der Waals surface area contributed by atoms with Gasteiger partial charge in [-0.25, -0.2) is 8.42 Å². The van der Waals surface area contributed by atoms with E-state index in [1.165, 1.54) is 24.3 Å². The van der Waals surface area contributed by atoms with Gasteiger partial charge < -0.3 is 0 Å². The molecule has 0 amide bonds. The quantitative estimate of drug-likeness (QED) is 0.328. The Morgan fingerprint density at radius 2 is 0.857 bits per heavy atom. The second-order valence-electron chi connectivity index (χ2n) is 7.92. The van der Waals surface area contributed by atoms with E-state index in [2.05, 4.69) is 0 Å². The average Bonchev–Trinajstić information content (AvgIpc) is 3.04. The van der Waals surface area contributed by atoms with E-state index in [0.717, 1.165) is 28.8 Å². The minimum atomic E-state index is -4.56. The maximum Gasteiger partial charge on any atom is 0.294 e. The molecule has 4 aromatic carbocycles. The second kappa shape index (κ2) is 7.83. The van der Waals surface area contributed by atoms with Gasteiger partial charge in [0.1, 0.15) is 0 Å². The van der Waals surface area contributed by atoms with Crippen LogP contribution in [0, 0.1) is 0 Å². The molecule has 0 unspecified atom stereocenters. The summed E-state index contributed by atoms with van der Waals surface area (Å²) in [6, 6.07) is 21.3. The summed E-state index contributed by atoms with van der Waals surface area (Å²) in [6.45, 7) is 0. The molecule has 0 aliphatic carbocycles. The van der Waals surface area contributed by atoms with Crippen molar-refractivity contribution in [2.45, 2.75) is 19.6 Å². The van der Waals surface area contributed by atoms with Crippen molar-refractivity contribution in [3.05, 3.63) is 84.9 Å². The summed E-state index contributed by atoms with van der Waals surface area (Å²) in [7, 11) is -12.8. The molecule has 5 rings (SSSR count). The van der Waals surface area contributed by atoms with Crippen LogP contribution in [-0.2, 0) is 30.1 Å². The largest absolute Gasteiger partial charge is 0.294 e. The number of sulfone groups is 1. The maximum absolute atomic E-state index is 13.1. The molecule has 11 heteroatoms. The summed E-state index contributed by atoms with van der Waals surface area (Å²) < 4.78 is 90.1. The van der Waals surface area contributed by atoms with Crippen molar-refractivity contribution in [3.63, 3.8) is 0 Å². The van der Waals surface area contributed by atoms with E-state index in [4.69, 9.17) is 4.55 Å². The monoisotopic (exact) mass is 528 g/mol. The molecule has 0 saturated carbocycles. The highest BCUT2D eigenvalue weighted by molar-refractivity contribution is 7.92. The molecular weight excluding hydrogens is 512 g/mol. The van der Waals surface area contributed by atoms with E-state index in [0.29, 0.717) is 16.7 Å². The van der Waals surface area contributed by atoms with Crippen LogP contribution in [0.5, 0.6) is 0 Å². The van der Waals surface area contributed by atoms with Crippen LogP contribution < -0.4 is 0 Å². The number of hydrogen-bond donors (Lipinski definition) is 2. The van der Waals surface area contributed by atoms with Crippen molar-refractivity contribution >= 4 is 30.1 Å². The first-order valence-corrected chi connectivity index (χ1v) is 14.4. The Balaban J connectivity index is 1.50. The van der Waals surface area contributed by atoms with Gasteiger partial charge in [0.15, 0.2) is 0 Å². The first-order chi connectivity index (χ1) is 16.4. The molecule has 0 fully saturated rings. The first-order valence-electron chi connectivity index (χ1n) is 10.1. The average molecular weight is 529 g/mol. The van der Waals surface area contributed by atoms with E-state index < -0.39 is 35.0 Å². The Hall–Kier alpha value is -3.35. The maximum atomic E-state index is 13.1. The predicted molar refractivity (Wildman–Crippen MR) is 128 cm³/mol. The van der Waals surface area contributed by atoms with Crippen LogP contribution in [0.25, 0.3) is 33.4 Å². The van der Waals surface area contributed by atoms with Crippen LogP contribution in [0.3, 0.4) is 0 Å². The van der Waals surface area contributed by atoms with Gasteiger partial charge in [-0.1, -0.05) is 54.6 Å². The standard InChI is InChI=1S/C24H16O8S3/c25-33(26)23-13-18(7-11-21(23)22-12-10-20(14-24(22)33)35(30,31)32)17-3-1-15(2-4-17)16-5-8-19(9-6-16)34(27,28)29/h1-14H,(H,27,28,29)(H,30,31,32). The molecule has 0 aromatic heterocycles. The van der Waals surface area contributed by atoms with Gasteiger partial charge in [0.25, 0.3) is 20.2 Å². The van der Waals surface area contributed by atoms with Crippen LogP contribution in [0.15, 0.2) is 105 Å².